The van der Waals surface area contributed by atoms with Crippen LogP contribution < -0.4 is 0 Å². The molecular formula is C14H21NO2S2. The Hall–Kier alpha value is -0.520. The molecule has 1 aliphatic rings. The molecule has 0 N–H and O–H groups in total. The summed E-state index contributed by atoms with van der Waals surface area (Å²) in [7, 11) is -3.31. The van der Waals surface area contributed by atoms with Crippen LogP contribution in [0.5, 0.6) is 0 Å². The summed E-state index contributed by atoms with van der Waals surface area (Å²) in [5.74, 6) is 2.37. The number of benzene rings is 1. The van der Waals surface area contributed by atoms with E-state index < -0.39 is 10.0 Å². The molecule has 0 spiro atoms. The van der Waals surface area contributed by atoms with Gasteiger partial charge in [-0.15, -0.1) is 0 Å². The molecule has 1 fully saturated rings. The van der Waals surface area contributed by atoms with Gasteiger partial charge < -0.3 is 0 Å². The molecule has 0 atom stereocenters. The first-order chi connectivity index (χ1) is 9.01. The van der Waals surface area contributed by atoms with Gasteiger partial charge in [0.15, 0.2) is 0 Å². The zero-order valence-electron chi connectivity index (χ0n) is 11.5. The average molecular weight is 299 g/mol. The summed E-state index contributed by atoms with van der Waals surface area (Å²) < 4.78 is 26.7. The molecular weight excluding hydrogens is 278 g/mol. The van der Waals surface area contributed by atoms with Crippen LogP contribution in [0.25, 0.3) is 0 Å². The molecule has 0 aliphatic carbocycles. The maximum Gasteiger partial charge on any atom is 0.243 e. The van der Waals surface area contributed by atoms with Gasteiger partial charge in [-0.2, -0.15) is 16.1 Å². The Labute approximate surface area is 120 Å². The summed E-state index contributed by atoms with van der Waals surface area (Å²) in [6.07, 6.45) is 0.938. The van der Waals surface area contributed by atoms with Gasteiger partial charge >= 0.3 is 0 Å². The van der Waals surface area contributed by atoms with Gasteiger partial charge in [0.1, 0.15) is 0 Å². The van der Waals surface area contributed by atoms with E-state index in [1.165, 1.54) is 5.56 Å². The Morgan fingerprint density at radius 1 is 1.11 bits per heavy atom. The molecule has 1 aliphatic heterocycles. The molecule has 0 aromatic heterocycles. The molecule has 5 heteroatoms. The fraction of sp³-hybridized carbons (Fsp3) is 0.571. The predicted octanol–water partition coefficient (Wildman–Crippen LogP) is 2.94. The standard InChI is InChI=1S/C14H21NO2S2/c1-12(2)13-4-6-14(7-5-13)19(16,17)15-8-3-10-18-11-9-15/h4-7,12H,3,8-11H2,1-2H3. The van der Waals surface area contributed by atoms with Crippen LogP contribution in [0.3, 0.4) is 0 Å². The van der Waals surface area contributed by atoms with Crippen LogP contribution in [0.1, 0.15) is 31.7 Å². The number of hydrogen-bond acceptors (Lipinski definition) is 3. The van der Waals surface area contributed by atoms with E-state index in [1.54, 1.807) is 16.4 Å². The molecule has 0 saturated carbocycles. The van der Waals surface area contributed by atoms with Crippen molar-refractivity contribution in [3.8, 4) is 0 Å². The molecule has 19 heavy (non-hydrogen) atoms. The second-order valence-electron chi connectivity index (χ2n) is 5.09. The SMILES string of the molecule is CC(C)c1ccc(S(=O)(=O)N2CCCSCC2)cc1. The van der Waals surface area contributed by atoms with Gasteiger partial charge in [-0.25, -0.2) is 8.42 Å². The second kappa shape index (κ2) is 6.29. The molecule has 0 unspecified atom stereocenters. The first-order valence-corrected chi connectivity index (χ1v) is 9.29. The lowest BCUT2D eigenvalue weighted by molar-refractivity contribution is 0.435. The van der Waals surface area contributed by atoms with E-state index in [9.17, 15) is 8.42 Å². The molecule has 1 saturated heterocycles. The van der Waals surface area contributed by atoms with Gasteiger partial charge in [-0.1, -0.05) is 26.0 Å². The highest BCUT2D eigenvalue weighted by Crippen LogP contribution is 2.22. The van der Waals surface area contributed by atoms with Crippen LogP contribution in [-0.2, 0) is 10.0 Å². The highest BCUT2D eigenvalue weighted by atomic mass is 32.2. The molecule has 106 valence electrons. The third-order valence-corrected chi connectivity index (χ3v) is 6.33. The highest BCUT2D eigenvalue weighted by molar-refractivity contribution is 7.99. The number of rotatable bonds is 3. The minimum absolute atomic E-state index is 0.420. The monoisotopic (exact) mass is 299 g/mol. The topological polar surface area (TPSA) is 37.4 Å². The maximum atomic E-state index is 12.5. The van der Waals surface area contributed by atoms with Crippen LogP contribution in [0.2, 0.25) is 0 Å². The Morgan fingerprint density at radius 3 is 2.42 bits per heavy atom. The van der Waals surface area contributed by atoms with E-state index in [1.807, 2.05) is 23.9 Å². The zero-order valence-corrected chi connectivity index (χ0v) is 13.1. The van der Waals surface area contributed by atoms with E-state index in [0.29, 0.717) is 23.9 Å². The van der Waals surface area contributed by atoms with E-state index in [0.717, 1.165) is 17.9 Å². The minimum Gasteiger partial charge on any atom is -0.207 e. The zero-order chi connectivity index (χ0) is 13.9. The van der Waals surface area contributed by atoms with Gasteiger partial charge in [0.25, 0.3) is 0 Å². The van der Waals surface area contributed by atoms with Crippen molar-refractivity contribution >= 4 is 21.8 Å². The first-order valence-electron chi connectivity index (χ1n) is 6.69. The molecule has 0 bridgehead atoms. The Bertz CT molecular complexity index is 501. The fourth-order valence-corrected chi connectivity index (χ4v) is 4.62. The van der Waals surface area contributed by atoms with Crippen molar-refractivity contribution in [1.29, 1.82) is 0 Å². The van der Waals surface area contributed by atoms with E-state index in [2.05, 4.69) is 13.8 Å². The van der Waals surface area contributed by atoms with Crippen molar-refractivity contribution in [2.24, 2.45) is 0 Å². The van der Waals surface area contributed by atoms with Gasteiger partial charge in [0.2, 0.25) is 10.0 Å². The minimum atomic E-state index is -3.31. The number of thioether (sulfide) groups is 1. The summed E-state index contributed by atoms with van der Waals surface area (Å²) in [6.45, 7) is 5.48. The summed E-state index contributed by atoms with van der Waals surface area (Å²) in [5.41, 5.74) is 1.17. The van der Waals surface area contributed by atoms with E-state index in [-0.39, 0.29) is 0 Å². The van der Waals surface area contributed by atoms with Crippen LogP contribution >= 0.6 is 11.8 Å². The smallest absolute Gasteiger partial charge is 0.207 e. The lowest BCUT2D eigenvalue weighted by Crippen LogP contribution is -2.33. The van der Waals surface area contributed by atoms with E-state index in [4.69, 9.17) is 0 Å². The Balaban J connectivity index is 2.23. The van der Waals surface area contributed by atoms with Crippen LogP contribution in [0.15, 0.2) is 29.2 Å². The second-order valence-corrected chi connectivity index (χ2v) is 8.26. The molecule has 1 aromatic rings. The van der Waals surface area contributed by atoms with Crippen molar-refractivity contribution < 1.29 is 8.42 Å². The van der Waals surface area contributed by atoms with Crippen LogP contribution in [0, 0.1) is 0 Å². The summed E-state index contributed by atoms with van der Waals surface area (Å²) in [5, 5.41) is 0. The van der Waals surface area contributed by atoms with Gasteiger partial charge in [0, 0.05) is 18.8 Å². The summed E-state index contributed by atoms with van der Waals surface area (Å²) >= 11 is 1.83. The Morgan fingerprint density at radius 2 is 1.79 bits per heavy atom. The number of hydrogen-bond donors (Lipinski definition) is 0. The number of nitrogens with zero attached hydrogens (tertiary/aromatic N) is 1. The molecule has 1 aromatic carbocycles. The fourth-order valence-electron chi connectivity index (χ4n) is 2.14. The van der Waals surface area contributed by atoms with Gasteiger partial charge in [-0.3, -0.25) is 0 Å². The third kappa shape index (κ3) is 3.52. The average Bonchev–Trinajstić information content (AvgIpc) is 2.68. The van der Waals surface area contributed by atoms with Crippen LogP contribution in [-0.4, -0.2) is 37.3 Å². The summed E-state index contributed by atoms with van der Waals surface area (Å²) in [4.78, 5) is 0.420. The number of sulfonamides is 1. The van der Waals surface area contributed by atoms with Crippen molar-refractivity contribution in [3.05, 3.63) is 29.8 Å². The largest absolute Gasteiger partial charge is 0.243 e. The normalized spacial score (nSPS) is 18.5. The van der Waals surface area contributed by atoms with E-state index >= 15 is 0 Å². The quantitative estimate of drug-likeness (QED) is 0.861. The maximum absolute atomic E-state index is 12.5. The van der Waals surface area contributed by atoms with Crippen LogP contribution in [0.4, 0.5) is 0 Å². The molecule has 2 rings (SSSR count). The van der Waals surface area contributed by atoms with Crippen molar-refractivity contribution in [1.82, 2.24) is 4.31 Å². The third-order valence-electron chi connectivity index (χ3n) is 3.37. The van der Waals surface area contributed by atoms with Crippen molar-refractivity contribution in [3.63, 3.8) is 0 Å². The first kappa shape index (κ1) is 14.9. The molecule has 0 radical (unpaired) electrons. The molecule has 3 nitrogen and oxygen atoms in total. The summed E-state index contributed by atoms with van der Waals surface area (Å²) in [6, 6.07) is 7.32. The van der Waals surface area contributed by atoms with Gasteiger partial charge in [-0.05, 0) is 35.8 Å². The van der Waals surface area contributed by atoms with Crippen molar-refractivity contribution in [2.75, 3.05) is 24.6 Å². The predicted molar refractivity (Wildman–Crippen MR) is 81.2 cm³/mol. The Kier molecular flexibility index (Phi) is 4.92. The molecule has 0 amide bonds. The van der Waals surface area contributed by atoms with Gasteiger partial charge in [0.05, 0.1) is 4.90 Å². The molecule has 1 heterocycles. The lowest BCUT2D eigenvalue weighted by atomic mass is 10.0. The van der Waals surface area contributed by atoms with Crippen molar-refractivity contribution in [2.45, 2.75) is 31.1 Å². The highest BCUT2D eigenvalue weighted by Gasteiger charge is 2.25. The lowest BCUT2D eigenvalue weighted by Gasteiger charge is -2.20.